The summed E-state index contributed by atoms with van der Waals surface area (Å²) in [6.45, 7) is -0.521. The molecule has 9 nitrogen and oxygen atoms in total. The van der Waals surface area contributed by atoms with E-state index in [1.54, 1.807) is 12.4 Å². The molecule has 0 aliphatic rings. The lowest BCUT2D eigenvalue weighted by Crippen LogP contribution is -2.42. The molecule has 4 aromatic rings. The summed E-state index contributed by atoms with van der Waals surface area (Å²) in [5.41, 5.74) is -0.205. The van der Waals surface area contributed by atoms with E-state index in [-0.39, 0.29) is 16.3 Å². The van der Waals surface area contributed by atoms with Crippen LogP contribution in [-0.2, 0) is 25.4 Å². The second kappa shape index (κ2) is 7.30. The Morgan fingerprint density at radius 2 is 1.97 bits per heavy atom. The third-order valence-electron chi connectivity index (χ3n) is 4.47. The van der Waals surface area contributed by atoms with Crippen LogP contribution in [0.2, 0.25) is 0 Å². The van der Waals surface area contributed by atoms with Crippen molar-refractivity contribution in [2.75, 3.05) is 5.32 Å². The number of halogens is 2. The lowest BCUT2D eigenvalue weighted by atomic mass is 10.2. The number of rotatable bonds is 4. The minimum atomic E-state index is -1.01. The highest BCUT2D eigenvalue weighted by molar-refractivity contribution is 7.14. The number of fused-ring (bicyclic) bond motifs is 1. The molecule has 4 rings (SSSR count). The van der Waals surface area contributed by atoms with E-state index >= 15 is 0 Å². The second-order valence-corrected chi connectivity index (χ2v) is 7.33. The first-order valence-electron chi connectivity index (χ1n) is 8.58. The molecule has 0 atom stereocenters. The van der Waals surface area contributed by atoms with Gasteiger partial charge in [-0.05, 0) is 18.2 Å². The van der Waals surface area contributed by atoms with Gasteiger partial charge in [0.05, 0.1) is 12.0 Å². The summed E-state index contributed by atoms with van der Waals surface area (Å²) in [5.74, 6) is -2.62. The smallest absolute Gasteiger partial charge is 0.328 e. The molecule has 12 heteroatoms. The van der Waals surface area contributed by atoms with Crippen molar-refractivity contribution in [1.82, 2.24) is 23.7 Å². The Labute approximate surface area is 170 Å². The summed E-state index contributed by atoms with van der Waals surface area (Å²) >= 11 is 1.07. The first-order chi connectivity index (χ1) is 14.3. The van der Waals surface area contributed by atoms with E-state index in [4.69, 9.17) is 0 Å². The number of hydrogen-bond acceptors (Lipinski definition) is 6. The zero-order valence-corrected chi connectivity index (χ0v) is 16.5. The van der Waals surface area contributed by atoms with Crippen LogP contribution in [-0.4, -0.2) is 29.6 Å². The molecular weight excluding hydrogens is 418 g/mol. The van der Waals surface area contributed by atoms with E-state index in [0.29, 0.717) is 11.3 Å². The van der Waals surface area contributed by atoms with E-state index in [1.165, 1.54) is 28.6 Å². The van der Waals surface area contributed by atoms with Crippen LogP contribution in [0.25, 0.3) is 22.4 Å². The minimum absolute atomic E-state index is 0.186. The maximum atomic E-state index is 13.4. The van der Waals surface area contributed by atoms with Crippen molar-refractivity contribution in [3.8, 4) is 11.3 Å². The molecular formula is C18H14F2N6O3S. The molecule has 1 amide bonds. The Balaban J connectivity index is 1.58. The van der Waals surface area contributed by atoms with Crippen LogP contribution in [0.15, 0.2) is 39.5 Å². The van der Waals surface area contributed by atoms with Crippen LogP contribution in [0.3, 0.4) is 0 Å². The summed E-state index contributed by atoms with van der Waals surface area (Å²) < 4.78 is 30.0. The minimum Gasteiger partial charge on any atom is -0.328 e. The third kappa shape index (κ3) is 3.30. The number of benzene rings is 1. The highest BCUT2D eigenvalue weighted by atomic mass is 32.1. The van der Waals surface area contributed by atoms with Gasteiger partial charge in [0, 0.05) is 25.0 Å². The largest absolute Gasteiger partial charge is 0.332 e. The van der Waals surface area contributed by atoms with Crippen molar-refractivity contribution in [3.63, 3.8) is 0 Å². The molecule has 1 N–H and O–H groups in total. The molecule has 3 aromatic heterocycles. The predicted octanol–water partition coefficient (Wildman–Crippen LogP) is 1.47. The van der Waals surface area contributed by atoms with Gasteiger partial charge in [0.25, 0.3) is 5.56 Å². The van der Waals surface area contributed by atoms with Gasteiger partial charge in [0.2, 0.25) is 5.91 Å². The van der Waals surface area contributed by atoms with Crippen LogP contribution < -0.4 is 16.6 Å². The van der Waals surface area contributed by atoms with Gasteiger partial charge >= 0.3 is 5.69 Å². The number of aromatic nitrogens is 5. The molecule has 154 valence electrons. The molecule has 0 radical (unpaired) electrons. The summed E-state index contributed by atoms with van der Waals surface area (Å²) in [4.78, 5) is 45.7. The standard InChI is InChI=1S/C18H14F2N6O3S/c1-24-8-21-15-14(24)16(28)26(18(29)25(15)2)6-13(27)23-17-22-12(7-30-17)9-3-4-10(19)11(20)5-9/h3-5,7-8H,6H2,1-2H3,(H,22,23,27). The van der Waals surface area contributed by atoms with Gasteiger partial charge in [-0.3, -0.25) is 14.2 Å². The van der Waals surface area contributed by atoms with Crippen LogP contribution in [0, 0.1) is 11.6 Å². The maximum absolute atomic E-state index is 13.4. The van der Waals surface area contributed by atoms with Gasteiger partial charge in [-0.2, -0.15) is 0 Å². The molecule has 0 bridgehead atoms. The first-order valence-corrected chi connectivity index (χ1v) is 9.46. The first kappa shape index (κ1) is 19.6. The lowest BCUT2D eigenvalue weighted by molar-refractivity contribution is -0.116. The van der Waals surface area contributed by atoms with Crippen molar-refractivity contribution in [2.45, 2.75) is 6.54 Å². The number of nitrogens with zero attached hydrogens (tertiary/aromatic N) is 5. The van der Waals surface area contributed by atoms with Crippen molar-refractivity contribution in [1.29, 1.82) is 0 Å². The molecule has 1 aromatic carbocycles. The monoisotopic (exact) mass is 432 g/mol. The number of hydrogen-bond donors (Lipinski definition) is 1. The van der Waals surface area contributed by atoms with Crippen LogP contribution in [0.5, 0.6) is 0 Å². The van der Waals surface area contributed by atoms with E-state index in [0.717, 1.165) is 28.0 Å². The second-order valence-electron chi connectivity index (χ2n) is 6.48. The Kier molecular flexibility index (Phi) is 4.78. The number of aryl methyl sites for hydroxylation is 2. The molecule has 0 unspecified atom stereocenters. The van der Waals surface area contributed by atoms with Crippen molar-refractivity contribution in [2.24, 2.45) is 14.1 Å². The third-order valence-corrected chi connectivity index (χ3v) is 5.23. The summed E-state index contributed by atoms with van der Waals surface area (Å²) in [6.07, 6.45) is 1.41. The molecule has 30 heavy (non-hydrogen) atoms. The van der Waals surface area contributed by atoms with Gasteiger partial charge in [-0.25, -0.2) is 28.1 Å². The Morgan fingerprint density at radius 3 is 2.70 bits per heavy atom. The molecule has 0 saturated carbocycles. The van der Waals surface area contributed by atoms with Gasteiger partial charge in [0.1, 0.15) is 6.54 Å². The number of thiazole rings is 1. The Morgan fingerprint density at radius 1 is 1.20 bits per heavy atom. The summed E-state index contributed by atoms with van der Waals surface area (Å²) in [5, 5.41) is 4.26. The lowest BCUT2D eigenvalue weighted by Gasteiger charge is -2.08. The van der Waals surface area contributed by atoms with E-state index < -0.39 is 35.3 Å². The SMILES string of the molecule is Cn1cnc2c1c(=O)n(CC(=O)Nc1nc(-c3ccc(F)c(F)c3)cs1)c(=O)n2C. The molecule has 0 fully saturated rings. The number of anilines is 1. The molecule has 0 aliphatic heterocycles. The van der Waals surface area contributed by atoms with Gasteiger partial charge in [0.15, 0.2) is 27.9 Å². The van der Waals surface area contributed by atoms with E-state index in [1.807, 2.05) is 0 Å². The van der Waals surface area contributed by atoms with Crippen LogP contribution in [0.4, 0.5) is 13.9 Å². The van der Waals surface area contributed by atoms with E-state index in [9.17, 15) is 23.2 Å². The van der Waals surface area contributed by atoms with Crippen molar-refractivity contribution in [3.05, 3.63) is 62.4 Å². The normalized spacial score (nSPS) is 11.2. The fourth-order valence-corrected chi connectivity index (χ4v) is 3.69. The molecule has 0 spiro atoms. The summed E-state index contributed by atoms with van der Waals surface area (Å²) in [6, 6.07) is 3.35. The average molecular weight is 432 g/mol. The van der Waals surface area contributed by atoms with Crippen molar-refractivity contribution < 1.29 is 13.6 Å². The molecule has 3 heterocycles. The quantitative estimate of drug-likeness (QED) is 0.526. The fraction of sp³-hybridized carbons (Fsp3) is 0.167. The maximum Gasteiger partial charge on any atom is 0.332 e. The fourth-order valence-electron chi connectivity index (χ4n) is 2.96. The molecule has 0 aliphatic carbocycles. The zero-order valence-electron chi connectivity index (χ0n) is 15.7. The van der Waals surface area contributed by atoms with Crippen LogP contribution >= 0.6 is 11.3 Å². The molecule has 0 saturated heterocycles. The highest BCUT2D eigenvalue weighted by Crippen LogP contribution is 2.26. The van der Waals surface area contributed by atoms with Gasteiger partial charge in [-0.1, -0.05) is 0 Å². The summed E-state index contributed by atoms with van der Waals surface area (Å²) in [7, 11) is 3.07. The number of amides is 1. The Bertz CT molecular complexity index is 1420. The van der Waals surface area contributed by atoms with Gasteiger partial charge < -0.3 is 9.88 Å². The van der Waals surface area contributed by atoms with Gasteiger partial charge in [-0.15, -0.1) is 11.3 Å². The number of carbonyl (C=O) groups is 1. The topological polar surface area (TPSA) is 104 Å². The Hall–Kier alpha value is -3.67. The van der Waals surface area contributed by atoms with E-state index in [2.05, 4.69) is 15.3 Å². The number of imidazole rings is 1. The number of nitrogens with one attached hydrogen (secondary N) is 1. The highest BCUT2D eigenvalue weighted by Gasteiger charge is 2.18. The average Bonchev–Trinajstić information content (AvgIpc) is 3.32. The van der Waals surface area contributed by atoms with Crippen LogP contribution in [0.1, 0.15) is 0 Å². The van der Waals surface area contributed by atoms with Crippen molar-refractivity contribution >= 4 is 33.5 Å². The predicted molar refractivity (Wildman–Crippen MR) is 106 cm³/mol. The zero-order chi connectivity index (χ0) is 21.6. The number of carbonyl (C=O) groups excluding carboxylic acids is 1.